The van der Waals surface area contributed by atoms with E-state index in [4.69, 9.17) is 4.74 Å². The average molecular weight is 532 g/mol. The zero-order chi connectivity index (χ0) is 27.6. The number of alkyl halides is 3. The Bertz CT molecular complexity index is 1520. The van der Waals surface area contributed by atoms with Crippen molar-refractivity contribution in [2.24, 2.45) is 0 Å². The van der Waals surface area contributed by atoms with Crippen LogP contribution in [0.2, 0.25) is 0 Å². The Morgan fingerprint density at radius 2 is 1.89 bits per heavy atom. The van der Waals surface area contributed by atoms with Crippen LogP contribution >= 0.6 is 0 Å². The van der Waals surface area contributed by atoms with Crippen molar-refractivity contribution in [1.29, 1.82) is 0 Å². The first-order chi connectivity index (χ1) is 17.9. The second-order valence-corrected chi connectivity index (χ2v) is 8.04. The van der Waals surface area contributed by atoms with Crippen molar-refractivity contribution in [2.45, 2.75) is 26.3 Å². The summed E-state index contributed by atoms with van der Waals surface area (Å²) in [5.41, 5.74) is 1.05. The first-order valence-electron chi connectivity index (χ1n) is 11.0. The number of hydrogen-bond donors (Lipinski definition) is 2. The lowest BCUT2D eigenvalue weighted by Crippen LogP contribution is -2.28. The lowest BCUT2D eigenvalue weighted by atomic mass is 10.1. The molecular weight excluding hydrogens is 512 g/mol. The van der Waals surface area contributed by atoms with Gasteiger partial charge in [0, 0.05) is 24.2 Å². The van der Waals surface area contributed by atoms with E-state index in [2.05, 4.69) is 30.4 Å². The Hall–Kier alpha value is -4.75. The van der Waals surface area contributed by atoms with Gasteiger partial charge in [0.1, 0.15) is 17.1 Å². The number of halogens is 4. The molecule has 0 aliphatic carbocycles. The Morgan fingerprint density at radius 3 is 2.58 bits per heavy atom. The number of imidazole rings is 1. The molecule has 0 aliphatic heterocycles. The largest absolute Gasteiger partial charge is 0.573 e. The monoisotopic (exact) mass is 532 g/mol. The minimum atomic E-state index is -4.96. The van der Waals surface area contributed by atoms with Crippen molar-refractivity contribution in [1.82, 2.24) is 24.9 Å². The van der Waals surface area contributed by atoms with Crippen LogP contribution in [0.3, 0.4) is 0 Å². The van der Waals surface area contributed by atoms with Gasteiger partial charge in [0.25, 0.3) is 5.91 Å². The summed E-state index contributed by atoms with van der Waals surface area (Å²) in [5, 5.41) is 9.52. The number of nitrogens with one attached hydrogen (secondary N) is 2. The van der Waals surface area contributed by atoms with E-state index in [9.17, 15) is 27.2 Å². The van der Waals surface area contributed by atoms with Crippen LogP contribution in [0.5, 0.6) is 11.6 Å². The SMILES string of the molecule is COc1ncc(-c2ccc3nc(NC(C)=O)cn3n2)cc1C(=O)N[C@H](C)c1cc(OC(F)(F)F)ccc1F. The predicted molar refractivity (Wildman–Crippen MR) is 126 cm³/mol. The molecule has 0 radical (unpaired) electrons. The Kier molecular flexibility index (Phi) is 7.15. The number of fused-ring (bicyclic) bond motifs is 1. The molecule has 0 bridgehead atoms. The third kappa shape index (κ3) is 5.96. The highest BCUT2D eigenvalue weighted by Gasteiger charge is 2.31. The molecule has 2 amide bonds. The van der Waals surface area contributed by atoms with Crippen LogP contribution in [0.15, 0.2) is 48.8 Å². The minimum absolute atomic E-state index is 0.0218. The summed E-state index contributed by atoms with van der Waals surface area (Å²) >= 11 is 0. The van der Waals surface area contributed by atoms with Gasteiger partial charge >= 0.3 is 6.36 Å². The van der Waals surface area contributed by atoms with Gasteiger partial charge in [-0.3, -0.25) is 9.59 Å². The molecule has 0 saturated heterocycles. The van der Waals surface area contributed by atoms with Crippen LogP contribution in [-0.4, -0.2) is 44.9 Å². The topological polar surface area (TPSA) is 120 Å². The van der Waals surface area contributed by atoms with Crippen LogP contribution < -0.4 is 20.1 Å². The van der Waals surface area contributed by atoms with E-state index in [0.717, 1.165) is 18.2 Å². The van der Waals surface area contributed by atoms with Gasteiger partial charge in [-0.05, 0) is 43.3 Å². The molecule has 0 aliphatic rings. The highest BCUT2D eigenvalue weighted by atomic mass is 19.4. The van der Waals surface area contributed by atoms with Gasteiger partial charge in [0.05, 0.1) is 25.0 Å². The number of carbonyl (C=O) groups excluding carboxylic acids is 2. The second-order valence-electron chi connectivity index (χ2n) is 8.04. The van der Waals surface area contributed by atoms with E-state index >= 15 is 0 Å². The summed E-state index contributed by atoms with van der Waals surface area (Å²) < 4.78 is 62.6. The summed E-state index contributed by atoms with van der Waals surface area (Å²) in [4.78, 5) is 32.8. The molecule has 0 unspecified atom stereocenters. The first kappa shape index (κ1) is 26.3. The van der Waals surface area contributed by atoms with Crippen LogP contribution in [-0.2, 0) is 4.79 Å². The predicted octanol–water partition coefficient (Wildman–Crippen LogP) is 4.29. The van der Waals surface area contributed by atoms with Crippen molar-refractivity contribution < 1.29 is 36.6 Å². The maximum absolute atomic E-state index is 14.4. The van der Waals surface area contributed by atoms with Gasteiger partial charge in [-0.25, -0.2) is 18.9 Å². The molecule has 14 heteroatoms. The third-order valence-electron chi connectivity index (χ3n) is 5.22. The number of hydrogen-bond acceptors (Lipinski definition) is 7. The second kappa shape index (κ2) is 10.3. The van der Waals surface area contributed by atoms with Gasteiger partial charge in [-0.15, -0.1) is 13.2 Å². The summed E-state index contributed by atoms with van der Waals surface area (Å²) in [6, 6.07) is 6.21. The highest BCUT2D eigenvalue weighted by Crippen LogP contribution is 2.29. The third-order valence-corrected chi connectivity index (χ3v) is 5.22. The summed E-state index contributed by atoms with van der Waals surface area (Å²) in [7, 11) is 1.30. The summed E-state index contributed by atoms with van der Waals surface area (Å²) in [6.07, 6.45) is -2.02. The van der Waals surface area contributed by atoms with Crippen molar-refractivity contribution in [3.05, 3.63) is 65.7 Å². The van der Waals surface area contributed by atoms with Crippen LogP contribution in [0.25, 0.3) is 16.9 Å². The fraction of sp³-hybridized carbons (Fsp3) is 0.208. The van der Waals surface area contributed by atoms with E-state index < -0.39 is 29.9 Å². The number of amides is 2. The Labute approximate surface area is 212 Å². The van der Waals surface area contributed by atoms with Crippen LogP contribution in [0.1, 0.15) is 35.8 Å². The lowest BCUT2D eigenvalue weighted by molar-refractivity contribution is -0.274. The zero-order valence-electron chi connectivity index (χ0n) is 20.1. The molecule has 4 rings (SSSR count). The summed E-state index contributed by atoms with van der Waals surface area (Å²) in [6.45, 7) is 2.75. The van der Waals surface area contributed by atoms with Gasteiger partial charge in [0.2, 0.25) is 11.8 Å². The number of anilines is 1. The number of carbonyl (C=O) groups is 2. The molecule has 198 valence electrons. The maximum Gasteiger partial charge on any atom is 0.573 e. The van der Waals surface area contributed by atoms with Crippen LogP contribution in [0.4, 0.5) is 23.4 Å². The standard InChI is InChI=1S/C24H20F4N6O4/c1-12(16-9-15(4-5-18(16)25)38-24(26,27)28)30-22(36)17-8-14(10-29-23(17)37-3)19-6-7-21-32-20(31-13(2)35)11-34(21)33-19/h4-12H,1-3H3,(H,30,36)(H,31,35)/t12-/m1/s1. The van der Waals surface area contributed by atoms with E-state index in [1.807, 2.05) is 0 Å². The molecule has 1 aromatic carbocycles. The number of rotatable bonds is 7. The molecule has 3 aromatic heterocycles. The molecular formula is C24H20F4N6O4. The van der Waals surface area contributed by atoms with Crippen LogP contribution in [0, 0.1) is 5.82 Å². The molecule has 3 heterocycles. The fourth-order valence-corrected chi connectivity index (χ4v) is 3.60. The van der Waals surface area contributed by atoms with Gasteiger partial charge in [-0.1, -0.05) is 0 Å². The molecule has 4 aromatic rings. The zero-order valence-corrected chi connectivity index (χ0v) is 20.1. The number of pyridine rings is 1. The lowest BCUT2D eigenvalue weighted by Gasteiger charge is -2.18. The van der Waals surface area contributed by atoms with Crippen molar-refractivity contribution in [2.75, 3.05) is 12.4 Å². The smallest absolute Gasteiger partial charge is 0.480 e. The fourth-order valence-electron chi connectivity index (χ4n) is 3.60. The molecule has 38 heavy (non-hydrogen) atoms. The maximum atomic E-state index is 14.4. The van der Waals surface area contributed by atoms with Gasteiger partial charge in [0.15, 0.2) is 11.5 Å². The molecule has 0 spiro atoms. The van der Waals surface area contributed by atoms with E-state index in [-0.39, 0.29) is 22.9 Å². The van der Waals surface area contributed by atoms with E-state index in [0.29, 0.717) is 22.7 Å². The number of aromatic nitrogens is 4. The number of methoxy groups -OCH3 is 1. The van der Waals surface area contributed by atoms with Crippen molar-refractivity contribution >= 4 is 23.3 Å². The molecule has 0 saturated carbocycles. The quantitative estimate of drug-likeness (QED) is 0.341. The van der Waals surface area contributed by atoms with Crippen molar-refractivity contribution in [3.63, 3.8) is 0 Å². The van der Waals surface area contributed by atoms with Crippen molar-refractivity contribution in [3.8, 4) is 22.9 Å². The first-order valence-corrected chi connectivity index (χ1v) is 11.0. The Morgan fingerprint density at radius 1 is 1.13 bits per heavy atom. The minimum Gasteiger partial charge on any atom is -0.480 e. The Balaban J connectivity index is 1.61. The number of nitrogens with zero attached hydrogens (tertiary/aromatic N) is 4. The summed E-state index contributed by atoms with van der Waals surface area (Å²) in [5.74, 6) is -2.20. The van der Waals surface area contributed by atoms with E-state index in [1.54, 1.807) is 12.1 Å². The van der Waals surface area contributed by atoms with Gasteiger partial charge in [-0.2, -0.15) is 5.10 Å². The van der Waals surface area contributed by atoms with Gasteiger partial charge < -0.3 is 20.1 Å². The number of benzene rings is 1. The molecule has 10 nitrogen and oxygen atoms in total. The van der Waals surface area contributed by atoms with E-state index in [1.165, 1.54) is 43.9 Å². The highest BCUT2D eigenvalue weighted by molar-refractivity contribution is 5.97. The molecule has 0 fully saturated rings. The number of ether oxygens (including phenoxy) is 2. The molecule has 2 N–H and O–H groups in total. The molecule has 1 atom stereocenters. The normalized spacial score (nSPS) is 12.2. The average Bonchev–Trinajstić information content (AvgIpc) is 3.24.